The normalized spacial score (nSPS) is 15.3. The summed E-state index contributed by atoms with van der Waals surface area (Å²) in [5, 5.41) is 2.78. The molecular weight excluding hydrogens is 416 g/mol. The lowest BCUT2D eigenvalue weighted by molar-refractivity contribution is 0.0789. The second-order valence-corrected chi connectivity index (χ2v) is 8.81. The fourth-order valence-electron chi connectivity index (χ4n) is 3.13. The lowest BCUT2D eigenvalue weighted by atomic mass is 10.2. The maximum Gasteiger partial charge on any atom is 0.251 e. The van der Waals surface area contributed by atoms with Crippen LogP contribution >= 0.6 is 0 Å². The molecule has 1 atom stereocenters. The van der Waals surface area contributed by atoms with Gasteiger partial charge in [0.05, 0.1) is 11.4 Å². The van der Waals surface area contributed by atoms with Crippen LogP contribution in [0, 0.1) is 0 Å². The lowest BCUT2D eigenvalue weighted by Gasteiger charge is -2.26. The molecule has 7 nitrogen and oxygen atoms in total. The molecule has 1 aliphatic heterocycles. The zero-order valence-corrected chi connectivity index (χ0v) is 17.5. The Balaban J connectivity index is 1.37. The fraction of sp³-hybridized carbons (Fsp3) is 0.174. The van der Waals surface area contributed by atoms with E-state index in [0.29, 0.717) is 18.1 Å². The van der Waals surface area contributed by atoms with Crippen molar-refractivity contribution < 1.29 is 22.7 Å². The van der Waals surface area contributed by atoms with Crippen LogP contribution in [-0.4, -0.2) is 33.6 Å². The van der Waals surface area contributed by atoms with E-state index in [2.05, 4.69) is 10.0 Å². The fourth-order valence-corrected chi connectivity index (χ4v) is 4.20. The van der Waals surface area contributed by atoms with Gasteiger partial charge < -0.3 is 14.8 Å². The van der Waals surface area contributed by atoms with Gasteiger partial charge in [0.2, 0.25) is 10.0 Å². The number of fused-ring (bicyclic) bond motifs is 1. The Morgan fingerprint density at radius 2 is 1.68 bits per heavy atom. The second kappa shape index (κ2) is 9.20. The molecule has 0 aliphatic carbocycles. The Hall–Kier alpha value is -3.36. The van der Waals surface area contributed by atoms with Gasteiger partial charge in [0.25, 0.3) is 5.91 Å². The first-order valence-corrected chi connectivity index (χ1v) is 11.3. The number of nitrogens with one attached hydrogen (secondary N) is 2. The summed E-state index contributed by atoms with van der Waals surface area (Å²) in [5.74, 6) is 0.916. The predicted molar refractivity (Wildman–Crippen MR) is 116 cm³/mol. The molecule has 31 heavy (non-hydrogen) atoms. The Labute approximate surface area is 181 Å². The van der Waals surface area contributed by atoms with E-state index < -0.39 is 10.0 Å². The molecule has 2 N–H and O–H groups in total. The van der Waals surface area contributed by atoms with Gasteiger partial charge in [-0.15, -0.1) is 0 Å². The van der Waals surface area contributed by atoms with Gasteiger partial charge in [-0.05, 0) is 35.9 Å². The van der Waals surface area contributed by atoms with Crippen molar-refractivity contribution in [2.24, 2.45) is 0 Å². The van der Waals surface area contributed by atoms with E-state index in [1.54, 1.807) is 18.2 Å². The van der Waals surface area contributed by atoms with E-state index in [4.69, 9.17) is 9.47 Å². The quantitative estimate of drug-likeness (QED) is 0.592. The topological polar surface area (TPSA) is 93.7 Å². The van der Waals surface area contributed by atoms with Gasteiger partial charge in [0, 0.05) is 12.1 Å². The molecule has 0 saturated carbocycles. The van der Waals surface area contributed by atoms with E-state index >= 15 is 0 Å². The van der Waals surface area contributed by atoms with Crippen LogP contribution < -0.4 is 19.5 Å². The molecule has 3 aromatic rings. The van der Waals surface area contributed by atoms with Crippen molar-refractivity contribution in [3.63, 3.8) is 0 Å². The van der Waals surface area contributed by atoms with Gasteiger partial charge in [-0.3, -0.25) is 4.79 Å². The highest BCUT2D eigenvalue weighted by Gasteiger charge is 2.22. The summed E-state index contributed by atoms with van der Waals surface area (Å²) >= 11 is 0. The highest BCUT2D eigenvalue weighted by molar-refractivity contribution is 7.89. The van der Waals surface area contributed by atoms with E-state index in [1.165, 1.54) is 12.1 Å². The maximum atomic E-state index is 12.6. The highest BCUT2D eigenvalue weighted by atomic mass is 32.2. The summed E-state index contributed by atoms with van der Waals surface area (Å²) < 4.78 is 39.3. The van der Waals surface area contributed by atoms with Gasteiger partial charge in [0.1, 0.15) is 12.7 Å². The largest absolute Gasteiger partial charge is 0.486 e. The average Bonchev–Trinajstić information content (AvgIpc) is 2.82. The molecule has 1 aliphatic rings. The summed E-state index contributed by atoms with van der Waals surface area (Å²) in [6.45, 7) is 0.714. The third kappa shape index (κ3) is 5.22. The van der Waals surface area contributed by atoms with E-state index in [1.807, 2.05) is 48.5 Å². The highest BCUT2D eigenvalue weighted by Crippen LogP contribution is 2.30. The van der Waals surface area contributed by atoms with Crippen LogP contribution in [0.2, 0.25) is 0 Å². The standard InChI is InChI=1S/C23H22N2O5S/c26-23(24-15-19-16-29-21-11-4-5-12-22(21)30-19)18-9-6-10-20(13-18)31(27,28)25-14-17-7-2-1-3-8-17/h1-13,19,25H,14-16H2,(H,24,26)/t19-/m1/s1. The third-order valence-corrected chi connectivity index (χ3v) is 6.17. The molecule has 0 radical (unpaired) electrons. The van der Waals surface area contributed by atoms with Crippen LogP contribution in [-0.2, 0) is 16.6 Å². The molecule has 160 valence electrons. The van der Waals surface area contributed by atoms with Crippen molar-refractivity contribution in [3.05, 3.63) is 90.0 Å². The number of hydrogen-bond donors (Lipinski definition) is 2. The van der Waals surface area contributed by atoms with Gasteiger partial charge in [-0.1, -0.05) is 48.5 Å². The molecule has 0 saturated heterocycles. The molecule has 3 aromatic carbocycles. The Bertz CT molecular complexity index is 1170. The smallest absolute Gasteiger partial charge is 0.251 e. The van der Waals surface area contributed by atoms with E-state index in [-0.39, 0.29) is 35.6 Å². The maximum absolute atomic E-state index is 12.6. The Kier molecular flexibility index (Phi) is 6.20. The molecule has 4 rings (SSSR count). The van der Waals surface area contributed by atoms with Crippen LogP contribution in [0.5, 0.6) is 11.5 Å². The minimum atomic E-state index is -3.76. The summed E-state index contributed by atoms with van der Waals surface area (Å²) in [4.78, 5) is 12.6. The summed E-state index contributed by atoms with van der Waals surface area (Å²) in [6, 6.07) is 22.5. The zero-order chi connectivity index (χ0) is 21.7. The Morgan fingerprint density at radius 3 is 2.48 bits per heavy atom. The van der Waals surface area contributed by atoms with Gasteiger partial charge in [-0.2, -0.15) is 0 Å². The average molecular weight is 439 g/mol. The molecular formula is C23H22N2O5S. The van der Waals surface area contributed by atoms with Crippen molar-refractivity contribution in [1.82, 2.24) is 10.0 Å². The molecule has 0 aromatic heterocycles. The molecule has 0 bridgehead atoms. The number of sulfonamides is 1. The van der Waals surface area contributed by atoms with Crippen molar-refractivity contribution in [1.29, 1.82) is 0 Å². The van der Waals surface area contributed by atoms with E-state index in [0.717, 1.165) is 5.56 Å². The Morgan fingerprint density at radius 1 is 0.935 bits per heavy atom. The SMILES string of the molecule is O=C(NC[C@@H]1COc2ccccc2O1)c1cccc(S(=O)(=O)NCc2ccccc2)c1. The molecule has 0 unspecified atom stereocenters. The molecule has 1 amide bonds. The minimum Gasteiger partial charge on any atom is -0.486 e. The molecule has 8 heteroatoms. The van der Waals surface area contributed by atoms with E-state index in [9.17, 15) is 13.2 Å². The lowest BCUT2D eigenvalue weighted by Crippen LogP contribution is -2.40. The third-order valence-electron chi connectivity index (χ3n) is 4.77. The monoisotopic (exact) mass is 438 g/mol. The molecule has 0 fully saturated rings. The van der Waals surface area contributed by atoms with Gasteiger partial charge in [-0.25, -0.2) is 13.1 Å². The van der Waals surface area contributed by atoms with Crippen LogP contribution in [0.1, 0.15) is 15.9 Å². The number of ether oxygens (including phenoxy) is 2. The van der Waals surface area contributed by atoms with Crippen LogP contribution in [0.25, 0.3) is 0 Å². The number of rotatable bonds is 7. The number of amides is 1. The summed E-state index contributed by atoms with van der Waals surface area (Å²) in [7, 11) is -3.76. The molecule has 1 heterocycles. The predicted octanol–water partition coefficient (Wildman–Crippen LogP) is 2.73. The first-order valence-electron chi connectivity index (χ1n) is 9.81. The van der Waals surface area contributed by atoms with Crippen molar-refractivity contribution in [2.45, 2.75) is 17.5 Å². The van der Waals surface area contributed by atoms with Crippen molar-refractivity contribution in [2.75, 3.05) is 13.2 Å². The first-order chi connectivity index (χ1) is 15.0. The number of carbonyl (C=O) groups excluding carboxylic acids is 1. The number of carbonyl (C=O) groups is 1. The van der Waals surface area contributed by atoms with Crippen LogP contribution in [0.4, 0.5) is 0 Å². The first kappa shape index (κ1) is 20.9. The number of hydrogen-bond acceptors (Lipinski definition) is 5. The number of benzene rings is 3. The summed E-state index contributed by atoms with van der Waals surface area (Å²) in [6.07, 6.45) is -0.335. The summed E-state index contributed by atoms with van der Waals surface area (Å²) in [5.41, 5.74) is 1.09. The van der Waals surface area contributed by atoms with Crippen LogP contribution in [0.3, 0.4) is 0 Å². The minimum absolute atomic E-state index is 0.0299. The second-order valence-electron chi connectivity index (χ2n) is 7.05. The van der Waals surface area contributed by atoms with Gasteiger partial charge >= 0.3 is 0 Å². The van der Waals surface area contributed by atoms with Crippen LogP contribution in [0.15, 0.2) is 83.8 Å². The van der Waals surface area contributed by atoms with Crippen molar-refractivity contribution in [3.8, 4) is 11.5 Å². The molecule has 0 spiro atoms. The zero-order valence-electron chi connectivity index (χ0n) is 16.7. The van der Waals surface area contributed by atoms with Gasteiger partial charge in [0.15, 0.2) is 11.5 Å². The number of para-hydroxylation sites is 2. The van der Waals surface area contributed by atoms with Crippen molar-refractivity contribution >= 4 is 15.9 Å².